The molecule has 0 radical (unpaired) electrons. The highest BCUT2D eigenvalue weighted by Crippen LogP contribution is 2.30. The van der Waals surface area contributed by atoms with Gasteiger partial charge >= 0.3 is 0 Å². The average molecular weight is 501 g/mol. The summed E-state index contributed by atoms with van der Waals surface area (Å²) in [5, 5.41) is 8.01. The lowest BCUT2D eigenvalue weighted by molar-refractivity contribution is -0.117. The predicted molar refractivity (Wildman–Crippen MR) is 139 cm³/mol. The number of halogens is 1. The van der Waals surface area contributed by atoms with Gasteiger partial charge in [0.1, 0.15) is 0 Å². The lowest BCUT2D eigenvalue weighted by atomic mass is 10.1. The third-order valence-corrected chi connectivity index (χ3v) is 6.95. The molecule has 1 aliphatic heterocycles. The molecule has 2 amide bonds. The van der Waals surface area contributed by atoms with E-state index < -0.39 is 0 Å². The van der Waals surface area contributed by atoms with Crippen LogP contribution in [0, 0.1) is 5.92 Å². The second-order valence-corrected chi connectivity index (χ2v) is 9.65. The number of aromatic nitrogens is 3. The number of hydrogen-bond acceptors (Lipinski definition) is 5. The van der Waals surface area contributed by atoms with E-state index >= 15 is 0 Å². The number of nitrogens with zero attached hydrogens (tertiary/aromatic N) is 5. The molecule has 36 heavy (non-hydrogen) atoms. The third kappa shape index (κ3) is 4.52. The summed E-state index contributed by atoms with van der Waals surface area (Å²) in [6.45, 7) is 2.83. The van der Waals surface area contributed by atoms with E-state index in [1.165, 1.54) is 0 Å². The van der Waals surface area contributed by atoms with Crippen molar-refractivity contribution in [2.24, 2.45) is 5.92 Å². The fourth-order valence-corrected chi connectivity index (χ4v) is 4.73. The van der Waals surface area contributed by atoms with Gasteiger partial charge in [-0.2, -0.15) is 4.98 Å². The molecule has 2 aromatic heterocycles. The van der Waals surface area contributed by atoms with Crippen LogP contribution in [0.1, 0.15) is 23.2 Å². The molecular formula is C27H25ClN6O2. The van der Waals surface area contributed by atoms with Gasteiger partial charge in [0.05, 0.1) is 5.69 Å². The van der Waals surface area contributed by atoms with Crippen LogP contribution in [-0.2, 0) is 4.79 Å². The van der Waals surface area contributed by atoms with E-state index in [-0.39, 0.29) is 17.7 Å². The molecule has 182 valence electrons. The summed E-state index contributed by atoms with van der Waals surface area (Å²) in [6, 6.07) is 21.1. The van der Waals surface area contributed by atoms with Gasteiger partial charge in [0.15, 0.2) is 5.65 Å². The van der Waals surface area contributed by atoms with Crippen molar-refractivity contribution in [3.8, 4) is 11.3 Å². The van der Waals surface area contributed by atoms with Gasteiger partial charge in [-0.15, -0.1) is 5.10 Å². The summed E-state index contributed by atoms with van der Waals surface area (Å²) < 4.78 is 1.72. The second kappa shape index (κ2) is 9.28. The standard InChI is InChI=1S/C27H25ClN6O2/c28-21-3-1-4-22(17-21)32-13-15-33(16-14-32)26(36)20-11-7-18(8-12-20)23-5-2-6-24-29-27(31-34(23)24)30-25(35)19-9-10-19/h1-8,11-12,17,19H,9-10,13-16H2,(H,30,31,35). The number of carbonyl (C=O) groups excluding carboxylic acids is 2. The van der Waals surface area contributed by atoms with Gasteiger partial charge < -0.3 is 9.80 Å². The highest BCUT2D eigenvalue weighted by molar-refractivity contribution is 6.30. The number of amides is 2. The van der Waals surface area contributed by atoms with Crippen molar-refractivity contribution < 1.29 is 9.59 Å². The summed E-state index contributed by atoms with van der Waals surface area (Å²) in [5.41, 5.74) is 4.12. The van der Waals surface area contributed by atoms with Gasteiger partial charge in [-0.1, -0.05) is 35.9 Å². The summed E-state index contributed by atoms with van der Waals surface area (Å²) in [4.78, 5) is 33.8. The monoisotopic (exact) mass is 500 g/mol. The molecule has 6 rings (SSSR count). The molecule has 1 aliphatic carbocycles. The Balaban J connectivity index is 1.15. The van der Waals surface area contributed by atoms with Crippen molar-refractivity contribution in [3.05, 3.63) is 77.3 Å². The molecule has 0 spiro atoms. The Morgan fingerprint density at radius 3 is 2.39 bits per heavy atom. The van der Waals surface area contributed by atoms with E-state index in [2.05, 4.69) is 20.3 Å². The zero-order valence-electron chi connectivity index (χ0n) is 19.6. The van der Waals surface area contributed by atoms with Crippen LogP contribution in [0.25, 0.3) is 16.9 Å². The zero-order valence-corrected chi connectivity index (χ0v) is 20.4. The quantitative estimate of drug-likeness (QED) is 0.440. The maximum atomic E-state index is 13.1. The lowest BCUT2D eigenvalue weighted by Crippen LogP contribution is -2.48. The molecule has 0 unspecified atom stereocenters. The molecule has 2 fully saturated rings. The molecule has 0 atom stereocenters. The van der Waals surface area contributed by atoms with Gasteiger partial charge in [0, 0.05) is 53.9 Å². The van der Waals surface area contributed by atoms with Crippen molar-refractivity contribution >= 4 is 40.7 Å². The molecule has 8 nitrogen and oxygen atoms in total. The van der Waals surface area contributed by atoms with Crippen LogP contribution in [0.3, 0.4) is 0 Å². The number of pyridine rings is 1. The molecule has 1 saturated heterocycles. The van der Waals surface area contributed by atoms with Crippen LogP contribution in [0.5, 0.6) is 0 Å². The van der Waals surface area contributed by atoms with E-state index in [1.807, 2.05) is 71.6 Å². The number of anilines is 2. The normalized spacial score (nSPS) is 15.8. The van der Waals surface area contributed by atoms with Gasteiger partial charge in [-0.25, -0.2) is 4.52 Å². The fraction of sp³-hybridized carbons (Fsp3) is 0.259. The first kappa shape index (κ1) is 22.5. The summed E-state index contributed by atoms with van der Waals surface area (Å²) in [6.07, 6.45) is 1.85. The van der Waals surface area contributed by atoms with Crippen molar-refractivity contribution in [1.29, 1.82) is 0 Å². The maximum absolute atomic E-state index is 13.1. The van der Waals surface area contributed by atoms with Crippen LogP contribution in [-0.4, -0.2) is 57.5 Å². The van der Waals surface area contributed by atoms with Crippen LogP contribution in [0.4, 0.5) is 11.6 Å². The van der Waals surface area contributed by atoms with Crippen LogP contribution < -0.4 is 10.2 Å². The molecule has 1 N–H and O–H groups in total. The highest BCUT2D eigenvalue weighted by Gasteiger charge is 2.30. The molecule has 2 aliphatic rings. The molecule has 0 bridgehead atoms. The number of benzene rings is 2. The first-order valence-corrected chi connectivity index (χ1v) is 12.5. The topological polar surface area (TPSA) is 82.8 Å². The smallest absolute Gasteiger partial charge is 0.253 e. The Kier molecular flexibility index (Phi) is 5.81. The number of fused-ring (bicyclic) bond motifs is 1. The minimum absolute atomic E-state index is 0.0243. The highest BCUT2D eigenvalue weighted by atomic mass is 35.5. The fourth-order valence-electron chi connectivity index (χ4n) is 4.54. The Morgan fingerprint density at radius 1 is 0.917 bits per heavy atom. The van der Waals surface area contributed by atoms with E-state index in [0.717, 1.165) is 42.9 Å². The van der Waals surface area contributed by atoms with E-state index in [9.17, 15) is 9.59 Å². The van der Waals surface area contributed by atoms with Crippen molar-refractivity contribution in [3.63, 3.8) is 0 Å². The van der Waals surface area contributed by atoms with Gasteiger partial charge in [0.25, 0.3) is 5.91 Å². The van der Waals surface area contributed by atoms with Crippen LogP contribution >= 0.6 is 11.6 Å². The average Bonchev–Trinajstić information content (AvgIpc) is 3.68. The maximum Gasteiger partial charge on any atom is 0.253 e. The minimum Gasteiger partial charge on any atom is -0.368 e. The van der Waals surface area contributed by atoms with Crippen LogP contribution in [0.15, 0.2) is 66.7 Å². The summed E-state index contributed by atoms with van der Waals surface area (Å²) >= 11 is 6.13. The number of nitrogens with one attached hydrogen (secondary N) is 1. The third-order valence-electron chi connectivity index (χ3n) is 6.71. The Bertz CT molecular complexity index is 1440. The lowest BCUT2D eigenvalue weighted by Gasteiger charge is -2.36. The van der Waals surface area contributed by atoms with E-state index in [0.29, 0.717) is 35.3 Å². The number of carbonyl (C=O) groups is 2. The van der Waals surface area contributed by atoms with Gasteiger partial charge in [-0.3, -0.25) is 14.9 Å². The Morgan fingerprint density at radius 2 is 1.67 bits per heavy atom. The van der Waals surface area contributed by atoms with Crippen molar-refractivity contribution in [2.75, 3.05) is 36.4 Å². The SMILES string of the molecule is O=C(Nc1nc2cccc(-c3ccc(C(=O)N4CCN(c5cccc(Cl)c5)CC4)cc3)n2n1)C1CC1. The minimum atomic E-state index is -0.0243. The van der Waals surface area contributed by atoms with Crippen molar-refractivity contribution in [2.45, 2.75) is 12.8 Å². The zero-order chi connectivity index (χ0) is 24.6. The van der Waals surface area contributed by atoms with Gasteiger partial charge in [0.2, 0.25) is 11.9 Å². The molecule has 2 aromatic carbocycles. The summed E-state index contributed by atoms with van der Waals surface area (Å²) in [5.74, 6) is 0.393. The first-order chi connectivity index (χ1) is 17.5. The number of hydrogen-bond donors (Lipinski definition) is 1. The first-order valence-electron chi connectivity index (χ1n) is 12.1. The largest absolute Gasteiger partial charge is 0.368 e. The Labute approximate surface area is 213 Å². The Hall–Kier alpha value is -3.91. The molecule has 1 saturated carbocycles. The van der Waals surface area contributed by atoms with Crippen molar-refractivity contribution in [1.82, 2.24) is 19.5 Å². The predicted octanol–water partition coefficient (Wildman–Crippen LogP) is 4.36. The van der Waals surface area contributed by atoms with Gasteiger partial charge in [-0.05, 0) is 55.3 Å². The molecular weight excluding hydrogens is 476 g/mol. The van der Waals surface area contributed by atoms with Crippen LogP contribution in [0.2, 0.25) is 5.02 Å². The number of piperazine rings is 1. The second-order valence-electron chi connectivity index (χ2n) is 9.22. The molecule has 4 aromatic rings. The molecule has 9 heteroatoms. The van der Waals surface area contributed by atoms with E-state index in [1.54, 1.807) is 4.52 Å². The van der Waals surface area contributed by atoms with E-state index in [4.69, 9.17) is 11.6 Å². The number of rotatable bonds is 5. The molecule has 3 heterocycles. The summed E-state index contributed by atoms with van der Waals surface area (Å²) in [7, 11) is 0.